The van der Waals surface area contributed by atoms with Crippen LogP contribution in [0.1, 0.15) is 45.1 Å². The van der Waals surface area contributed by atoms with Crippen LogP contribution in [0.5, 0.6) is 0 Å². The Balaban J connectivity index is 2.19. The molecule has 0 aromatic heterocycles. The summed E-state index contributed by atoms with van der Waals surface area (Å²) in [5.41, 5.74) is 8.79. The van der Waals surface area contributed by atoms with E-state index in [0.717, 1.165) is 19.4 Å². The first-order valence-corrected chi connectivity index (χ1v) is 6.70. The molecule has 0 spiro atoms. The van der Waals surface area contributed by atoms with Crippen LogP contribution in [-0.4, -0.2) is 18.6 Å². The van der Waals surface area contributed by atoms with Gasteiger partial charge in [-0.25, -0.2) is 0 Å². The Kier molecular flexibility index (Phi) is 3.72. The van der Waals surface area contributed by atoms with Gasteiger partial charge in [0.15, 0.2) is 0 Å². The van der Waals surface area contributed by atoms with Gasteiger partial charge in [0, 0.05) is 24.3 Å². The predicted molar refractivity (Wildman–Crippen MR) is 74.5 cm³/mol. The molecule has 1 aliphatic heterocycles. The average molecular weight is 232 g/mol. The Morgan fingerprint density at radius 3 is 2.76 bits per heavy atom. The molecule has 2 rings (SSSR count). The van der Waals surface area contributed by atoms with Crippen LogP contribution in [0.2, 0.25) is 0 Å². The van der Waals surface area contributed by atoms with E-state index in [1.165, 1.54) is 11.3 Å². The van der Waals surface area contributed by atoms with Crippen molar-refractivity contribution in [3.8, 4) is 0 Å². The zero-order valence-corrected chi connectivity index (χ0v) is 11.2. The van der Waals surface area contributed by atoms with Crippen molar-refractivity contribution >= 4 is 5.69 Å². The molecule has 2 N–H and O–H groups in total. The third-order valence-corrected chi connectivity index (χ3v) is 3.79. The minimum atomic E-state index is 0.384. The molecule has 94 valence electrons. The van der Waals surface area contributed by atoms with Crippen molar-refractivity contribution in [3.05, 3.63) is 29.8 Å². The zero-order chi connectivity index (χ0) is 12.4. The lowest BCUT2D eigenvalue weighted by Gasteiger charge is -2.38. The summed E-state index contributed by atoms with van der Waals surface area (Å²) in [4.78, 5) is 2.50. The zero-order valence-electron chi connectivity index (χ0n) is 11.2. The lowest BCUT2D eigenvalue weighted by molar-refractivity contribution is 0.429. The lowest BCUT2D eigenvalue weighted by atomic mass is 9.97. The van der Waals surface area contributed by atoms with E-state index in [4.69, 9.17) is 5.73 Å². The molecule has 1 saturated heterocycles. The third kappa shape index (κ3) is 2.81. The number of nitrogens with two attached hydrogens (primary N) is 1. The maximum absolute atomic E-state index is 6.02. The highest BCUT2D eigenvalue weighted by Crippen LogP contribution is 2.27. The molecule has 2 nitrogen and oxygen atoms in total. The van der Waals surface area contributed by atoms with E-state index in [1.54, 1.807) is 0 Å². The maximum atomic E-state index is 6.02. The smallest absolute Gasteiger partial charge is 0.0371 e. The van der Waals surface area contributed by atoms with Crippen LogP contribution in [0.3, 0.4) is 0 Å². The fourth-order valence-corrected chi connectivity index (χ4v) is 2.65. The van der Waals surface area contributed by atoms with Crippen LogP contribution >= 0.6 is 0 Å². The maximum Gasteiger partial charge on any atom is 0.0371 e. The number of nitrogens with zero attached hydrogens (tertiary/aromatic N) is 1. The lowest BCUT2D eigenvalue weighted by Crippen LogP contribution is -2.45. The molecule has 1 fully saturated rings. The molecule has 1 heterocycles. The second-order valence-electron chi connectivity index (χ2n) is 5.58. The van der Waals surface area contributed by atoms with Gasteiger partial charge in [0.25, 0.3) is 0 Å². The van der Waals surface area contributed by atoms with Crippen molar-refractivity contribution < 1.29 is 0 Å². The summed E-state index contributed by atoms with van der Waals surface area (Å²) in [5.74, 6) is 0.595. The summed E-state index contributed by atoms with van der Waals surface area (Å²) in [7, 11) is 0. The van der Waals surface area contributed by atoms with Gasteiger partial charge in [0.1, 0.15) is 0 Å². The molecule has 0 amide bonds. The molecule has 2 heteroatoms. The second-order valence-corrected chi connectivity index (χ2v) is 5.58. The van der Waals surface area contributed by atoms with Crippen molar-refractivity contribution in [3.63, 3.8) is 0 Å². The topological polar surface area (TPSA) is 29.3 Å². The molecular weight excluding hydrogens is 208 g/mol. The van der Waals surface area contributed by atoms with Crippen LogP contribution in [0, 0.1) is 0 Å². The van der Waals surface area contributed by atoms with Crippen molar-refractivity contribution in [1.29, 1.82) is 0 Å². The van der Waals surface area contributed by atoms with Gasteiger partial charge < -0.3 is 10.6 Å². The van der Waals surface area contributed by atoms with Crippen LogP contribution in [0.25, 0.3) is 0 Å². The van der Waals surface area contributed by atoms with E-state index in [0.29, 0.717) is 18.0 Å². The highest BCUT2D eigenvalue weighted by atomic mass is 15.2. The summed E-state index contributed by atoms with van der Waals surface area (Å²) in [5, 5.41) is 0. The molecule has 1 aliphatic rings. The summed E-state index contributed by atoms with van der Waals surface area (Å²) < 4.78 is 0. The SMILES string of the molecule is CC(C)c1cccc(N2CCC(N)CC2C)c1. The Morgan fingerprint density at radius 1 is 1.35 bits per heavy atom. The number of anilines is 1. The van der Waals surface area contributed by atoms with Gasteiger partial charge in [0.05, 0.1) is 0 Å². The van der Waals surface area contributed by atoms with E-state index in [1.807, 2.05) is 0 Å². The van der Waals surface area contributed by atoms with Crippen molar-refractivity contribution in [2.24, 2.45) is 5.73 Å². The number of piperidine rings is 1. The molecule has 1 aromatic rings. The van der Waals surface area contributed by atoms with E-state index in [9.17, 15) is 0 Å². The van der Waals surface area contributed by atoms with Crippen LogP contribution in [0.15, 0.2) is 24.3 Å². The summed E-state index contributed by atoms with van der Waals surface area (Å²) in [6, 6.07) is 9.88. The van der Waals surface area contributed by atoms with Crippen LogP contribution in [0.4, 0.5) is 5.69 Å². The monoisotopic (exact) mass is 232 g/mol. The second kappa shape index (κ2) is 5.09. The van der Waals surface area contributed by atoms with E-state index >= 15 is 0 Å². The average Bonchev–Trinajstić information content (AvgIpc) is 2.29. The van der Waals surface area contributed by atoms with Gasteiger partial charge >= 0.3 is 0 Å². The van der Waals surface area contributed by atoms with E-state index in [2.05, 4.69) is 49.9 Å². The summed E-state index contributed by atoms with van der Waals surface area (Å²) in [6.45, 7) is 7.86. The van der Waals surface area contributed by atoms with Crippen molar-refractivity contribution in [2.75, 3.05) is 11.4 Å². The highest BCUT2D eigenvalue weighted by Gasteiger charge is 2.23. The summed E-state index contributed by atoms with van der Waals surface area (Å²) in [6.07, 6.45) is 2.21. The van der Waals surface area contributed by atoms with Gasteiger partial charge in [-0.2, -0.15) is 0 Å². The largest absolute Gasteiger partial charge is 0.369 e. The van der Waals surface area contributed by atoms with Crippen molar-refractivity contribution in [1.82, 2.24) is 0 Å². The van der Waals surface area contributed by atoms with Gasteiger partial charge in [0.2, 0.25) is 0 Å². The molecule has 17 heavy (non-hydrogen) atoms. The Labute approximate surface area is 105 Å². The number of hydrogen-bond acceptors (Lipinski definition) is 2. The van der Waals surface area contributed by atoms with E-state index < -0.39 is 0 Å². The van der Waals surface area contributed by atoms with Gasteiger partial charge in [-0.3, -0.25) is 0 Å². The minimum Gasteiger partial charge on any atom is -0.369 e. The van der Waals surface area contributed by atoms with Crippen LogP contribution in [-0.2, 0) is 0 Å². The van der Waals surface area contributed by atoms with Gasteiger partial charge in [-0.15, -0.1) is 0 Å². The Morgan fingerprint density at radius 2 is 2.12 bits per heavy atom. The molecule has 2 atom stereocenters. The molecule has 0 saturated carbocycles. The summed E-state index contributed by atoms with van der Waals surface area (Å²) >= 11 is 0. The fraction of sp³-hybridized carbons (Fsp3) is 0.600. The molecular formula is C15H24N2. The first-order valence-electron chi connectivity index (χ1n) is 6.70. The Bertz CT molecular complexity index is 373. The minimum absolute atomic E-state index is 0.384. The fourth-order valence-electron chi connectivity index (χ4n) is 2.65. The third-order valence-electron chi connectivity index (χ3n) is 3.79. The van der Waals surface area contributed by atoms with Gasteiger partial charge in [-0.1, -0.05) is 26.0 Å². The number of benzene rings is 1. The molecule has 0 bridgehead atoms. The number of rotatable bonds is 2. The predicted octanol–water partition coefficient (Wildman–Crippen LogP) is 3.13. The molecule has 1 aromatic carbocycles. The molecule has 0 aliphatic carbocycles. The van der Waals surface area contributed by atoms with Crippen LogP contribution < -0.4 is 10.6 Å². The van der Waals surface area contributed by atoms with Crippen molar-refractivity contribution in [2.45, 2.75) is 51.6 Å². The first kappa shape index (κ1) is 12.4. The highest BCUT2D eigenvalue weighted by molar-refractivity contribution is 5.50. The standard InChI is InChI=1S/C15H24N2/c1-11(2)13-5-4-6-15(10-13)17-8-7-14(16)9-12(17)3/h4-6,10-12,14H,7-9,16H2,1-3H3. The normalized spacial score (nSPS) is 25.4. The van der Waals surface area contributed by atoms with Gasteiger partial charge in [-0.05, 0) is 43.4 Å². The molecule has 2 unspecified atom stereocenters. The first-order chi connectivity index (χ1) is 8.08. The quantitative estimate of drug-likeness (QED) is 0.849. The Hall–Kier alpha value is -1.02. The number of hydrogen-bond donors (Lipinski definition) is 1. The molecule has 0 radical (unpaired) electrons. The van der Waals surface area contributed by atoms with E-state index in [-0.39, 0.29) is 0 Å².